The first-order valence-corrected chi connectivity index (χ1v) is 7.05. The summed E-state index contributed by atoms with van der Waals surface area (Å²) in [6.07, 6.45) is 2.02. The summed E-state index contributed by atoms with van der Waals surface area (Å²) in [4.78, 5) is 16.2. The summed E-state index contributed by atoms with van der Waals surface area (Å²) < 4.78 is 0. The Kier molecular flexibility index (Phi) is 4.88. The molecule has 0 aliphatic rings. The Morgan fingerprint density at radius 1 is 1.50 bits per heavy atom. The monoisotopic (exact) mass is 286 g/mol. The normalized spacial score (nSPS) is 9.70. The molecule has 20 heavy (non-hydrogen) atoms. The van der Waals surface area contributed by atoms with Crippen LogP contribution in [-0.4, -0.2) is 22.6 Å². The van der Waals surface area contributed by atoms with Crippen molar-refractivity contribution < 1.29 is 9.90 Å². The quantitative estimate of drug-likeness (QED) is 0.852. The number of hydrogen-bond acceptors (Lipinski definition) is 4. The number of nitrogens with zero attached hydrogens (tertiary/aromatic N) is 1. The fourth-order valence-electron chi connectivity index (χ4n) is 1.57. The molecule has 0 saturated carbocycles. The molecule has 0 unspecified atom stereocenters. The number of carbonyl (C=O) groups is 1. The van der Waals surface area contributed by atoms with Crippen molar-refractivity contribution in [2.24, 2.45) is 0 Å². The van der Waals surface area contributed by atoms with E-state index in [1.165, 1.54) is 11.3 Å². The molecule has 0 fully saturated rings. The summed E-state index contributed by atoms with van der Waals surface area (Å²) >= 11 is 1.49. The van der Waals surface area contributed by atoms with E-state index in [1.54, 1.807) is 18.3 Å². The zero-order chi connectivity index (χ0) is 14.4. The molecule has 2 heterocycles. The van der Waals surface area contributed by atoms with Crippen molar-refractivity contribution >= 4 is 23.1 Å². The van der Waals surface area contributed by atoms with Gasteiger partial charge in [0.25, 0.3) is 5.91 Å². The average molecular weight is 286 g/mol. The molecule has 0 aromatic carbocycles. The molecular weight excluding hydrogens is 272 g/mol. The van der Waals surface area contributed by atoms with Gasteiger partial charge < -0.3 is 10.4 Å². The third-order valence-electron chi connectivity index (χ3n) is 2.57. The maximum atomic E-state index is 12.1. The zero-order valence-electron chi connectivity index (χ0n) is 11.0. The summed E-state index contributed by atoms with van der Waals surface area (Å²) in [5.41, 5.74) is 2.37. The van der Waals surface area contributed by atoms with Crippen LogP contribution in [0.4, 0.5) is 5.82 Å². The van der Waals surface area contributed by atoms with Crippen LogP contribution >= 0.6 is 11.3 Å². The minimum absolute atomic E-state index is 0.0408. The van der Waals surface area contributed by atoms with Crippen LogP contribution in [-0.2, 0) is 0 Å². The predicted octanol–water partition coefficient (Wildman–Crippen LogP) is 2.44. The van der Waals surface area contributed by atoms with Crippen LogP contribution < -0.4 is 5.32 Å². The van der Waals surface area contributed by atoms with Gasteiger partial charge in [0.05, 0.1) is 12.2 Å². The molecular formula is C15H14N2O2S. The molecule has 2 aromatic heterocycles. The molecule has 0 bridgehead atoms. The molecule has 102 valence electrons. The Morgan fingerprint density at radius 3 is 3.05 bits per heavy atom. The summed E-state index contributed by atoms with van der Waals surface area (Å²) in [5, 5.41) is 15.2. The largest absolute Gasteiger partial charge is 0.395 e. The van der Waals surface area contributed by atoms with E-state index in [-0.39, 0.29) is 12.5 Å². The van der Waals surface area contributed by atoms with Crippen LogP contribution in [0.3, 0.4) is 0 Å². The maximum absolute atomic E-state index is 12.1. The summed E-state index contributed by atoms with van der Waals surface area (Å²) in [6, 6.07) is 3.47. The molecule has 5 heteroatoms. The van der Waals surface area contributed by atoms with E-state index in [1.807, 2.05) is 17.7 Å². The Hall–Kier alpha value is -2.16. The van der Waals surface area contributed by atoms with Gasteiger partial charge in [-0.05, 0) is 30.0 Å². The van der Waals surface area contributed by atoms with Crippen LogP contribution in [0.2, 0.25) is 0 Å². The molecule has 0 radical (unpaired) electrons. The lowest BCUT2D eigenvalue weighted by Gasteiger charge is -2.04. The standard InChI is InChI=1S/C15H14N2O2S/c1-11-9-20-10-13(11)15(19)17-14-8-12(5-6-16-14)4-2-3-7-18/h5-6,8-10,18H,3,7H2,1H3,(H,16,17,19). The van der Waals surface area contributed by atoms with Gasteiger partial charge in [-0.25, -0.2) is 4.98 Å². The molecule has 0 spiro atoms. The Bertz CT molecular complexity index is 668. The Balaban J connectivity index is 2.11. The molecule has 2 aromatic rings. The third-order valence-corrected chi connectivity index (χ3v) is 3.43. The Morgan fingerprint density at radius 2 is 2.35 bits per heavy atom. The number of aryl methyl sites for hydroxylation is 1. The number of hydrogen-bond donors (Lipinski definition) is 2. The fourth-order valence-corrected chi connectivity index (χ4v) is 2.40. The number of aliphatic hydroxyl groups is 1. The fraction of sp³-hybridized carbons (Fsp3) is 0.200. The topological polar surface area (TPSA) is 62.2 Å². The van der Waals surface area contributed by atoms with E-state index in [9.17, 15) is 4.79 Å². The third kappa shape index (κ3) is 3.67. The maximum Gasteiger partial charge on any atom is 0.257 e. The van der Waals surface area contributed by atoms with E-state index in [0.29, 0.717) is 17.8 Å². The lowest BCUT2D eigenvalue weighted by Crippen LogP contribution is -2.13. The SMILES string of the molecule is Cc1cscc1C(=O)Nc1cc(C#CCCO)ccn1. The second-order valence-electron chi connectivity index (χ2n) is 4.13. The van der Waals surface area contributed by atoms with Crippen molar-refractivity contribution in [3.05, 3.63) is 45.8 Å². The number of rotatable bonds is 3. The predicted molar refractivity (Wildman–Crippen MR) is 79.8 cm³/mol. The van der Waals surface area contributed by atoms with Crippen LogP contribution in [0.1, 0.15) is 27.9 Å². The first-order chi connectivity index (χ1) is 9.70. The highest BCUT2D eigenvalue weighted by Crippen LogP contribution is 2.15. The number of carbonyl (C=O) groups excluding carboxylic acids is 1. The second-order valence-corrected chi connectivity index (χ2v) is 4.87. The number of pyridine rings is 1. The van der Waals surface area contributed by atoms with E-state index in [2.05, 4.69) is 22.1 Å². The van der Waals surface area contributed by atoms with Crippen LogP contribution in [0, 0.1) is 18.8 Å². The number of aliphatic hydroxyl groups excluding tert-OH is 1. The average Bonchev–Trinajstić information content (AvgIpc) is 2.86. The molecule has 0 aliphatic carbocycles. The van der Waals surface area contributed by atoms with Gasteiger partial charge in [0.15, 0.2) is 0 Å². The van der Waals surface area contributed by atoms with E-state index in [0.717, 1.165) is 11.1 Å². The van der Waals surface area contributed by atoms with Crippen LogP contribution in [0.15, 0.2) is 29.1 Å². The number of thiophene rings is 1. The lowest BCUT2D eigenvalue weighted by molar-refractivity contribution is 0.102. The van der Waals surface area contributed by atoms with Gasteiger partial charge in [0.1, 0.15) is 5.82 Å². The summed E-state index contributed by atoms with van der Waals surface area (Å²) in [6.45, 7) is 1.94. The van der Waals surface area contributed by atoms with Crippen molar-refractivity contribution in [3.8, 4) is 11.8 Å². The molecule has 1 amide bonds. The highest BCUT2D eigenvalue weighted by Gasteiger charge is 2.10. The first kappa shape index (κ1) is 14.3. The van der Waals surface area contributed by atoms with Gasteiger partial charge in [-0.15, -0.1) is 0 Å². The van der Waals surface area contributed by atoms with Gasteiger partial charge in [0, 0.05) is 23.6 Å². The van der Waals surface area contributed by atoms with Crippen molar-refractivity contribution in [1.82, 2.24) is 4.98 Å². The van der Waals surface area contributed by atoms with Crippen molar-refractivity contribution in [2.45, 2.75) is 13.3 Å². The molecule has 0 atom stereocenters. The minimum Gasteiger partial charge on any atom is -0.395 e. The van der Waals surface area contributed by atoms with E-state index in [4.69, 9.17) is 5.11 Å². The molecule has 2 N–H and O–H groups in total. The number of aromatic nitrogens is 1. The molecule has 0 aliphatic heterocycles. The summed E-state index contributed by atoms with van der Waals surface area (Å²) in [7, 11) is 0. The molecule has 4 nitrogen and oxygen atoms in total. The summed E-state index contributed by atoms with van der Waals surface area (Å²) in [5.74, 6) is 6.04. The first-order valence-electron chi connectivity index (χ1n) is 6.10. The van der Waals surface area contributed by atoms with Crippen molar-refractivity contribution in [1.29, 1.82) is 0 Å². The van der Waals surface area contributed by atoms with Gasteiger partial charge >= 0.3 is 0 Å². The number of anilines is 1. The van der Waals surface area contributed by atoms with Crippen molar-refractivity contribution in [3.63, 3.8) is 0 Å². The highest BCUT2D eigenvalue weighted by atomic mass is 32.1. The van der Waals surface area contributed by atoms with Gasteiger partial charge in [-0.1, -0.05) is 11.8 Å². The smallest absolute Gasteiger partial charge is 0.257 e. The van der Waals surface area contributed by atoms with Gasteiger partial charge in [-0.2, -0.15) is 11.3 Å². The van der Waals surface area contributed by atoms with Crippen LogP contribution in [0.5, 0.6) is 0 Å². The van der Waals surface area contributed by atoms with E-state index < -0.39 is 0 Å². The Labute approximate surface area is 121 Å². The number of nitrogens with one attached hydrogen (secondary N) is 1. The van der Waals surface area contributed by atoms with Crippen LogP contribution in [0.25, 0.3) is 0 Å². The van der Waals surface area contributed by atoms with Gasteiger partial charge in [-0.3, -0.25) is 4.79 Å². The molecule has 2 rings (SSSR count). The molecule has 0 saturated heterocycles. The van der Waals surface area contributed by atoms with Gasteiger partial charge in [0.2, 0.25) is 0 Å². The number of amides is 1. The van der Waals surface area contributed by atoms with Crippen molar-refractivity contribution in [2.75, 3.05) is 11.9 Å². The highest BCUT2D eigenvalue weighted by molar-refractivity contribution is 7.08. The second kappa shape index (κ2) is 6.85. The lowest BCUT2D eigenvalue weighted by atomic mass is 10.2. The van der Waals surface area contributed by atoms with E-state index >= 15 is 0 Å². The zero-order valence-corrected chi connectivity index (χ0v) is 11.8. The minimum atomic E-state index is -0.170.